The van der Waals surface area contributed by atoms with Crippen molar-refractivity contribution in [2.45, 2.75) is 24.3 Å². The molecule has 0 radical (unpaired) electrons. The largest absolute Gasteiger partial charge is 0.394 e. The first-order chi connectivity index (χ1) is 9.11. The molecule has 0 saturated carbocycles. The van der Waals surface area contributed by atoms with Crippen LogP contribution in [0.5, 0.6) is 0 Å². The van der Waals surface area contributed by atoms with Gasteiger partial charge in [0.1, 0.15) is 0 Å². The minimum atomic E-state index is -0.767. The van der Waals surface area contributed by atoms with Crippen LogP contribution in [-0.2, 0) is 0 Å². The van der Waals surface area contributed by atoms with Gasteiger partial charge in [0.25, 0.3) is 0 Å². The molecule has 19 heavy (non-hydrogen) atoms. The number of aliphatic hydroxyl groups is 3. The van der Waals surface area contributed by atoms with Crippen molar-refractivity contribution in [3.63, 3.8) is 0 Å². The normalized spacial score (nSPS) is 28.5. The molecule has 1 fully saturated rings. The van der Waals surface area contributed by atoms with Crippen LogP contribution in [-0.4, -0.2) is 53.3 Å². The van der Waals surface area contributed by atoms with Gasteiger partial charge in [-0.2, -0.15) is 0 Å². The van der Waals surface area contributed by atoms with E-state index in [9.17, 15) is 15.3 Å². The summed E-state index contributed by atoms with van der Waals surface area (Å²) in [6, 6.07) is 7.34. The van der Waals surface area contributed by atoms with Crippen LogP contribution < -0.4 is 10.6 Å². The maximum absolute atomic E-state index is 9.73. The Morgan fingerprint density at radius 3 is 2.53 bits per heavy atom. The number of hydrogen-bond acceptors (Lipinski definition) is 5. The fourth-order valence-corrected chi connectivity index (χ4v) is 2.49. The summed E-state index contributed by atoms with van der Waals surface area (Å²) in [7, 11) is 0. The molecule has 4 atom stereocenters. The molecule has 1 saturated heterocycles. The standard InChI is InChI=1S/C13H19BrN2O3/c14-9-3-1-8(2-4-9)11(7-17)15-5-10-13(19)12(18)6-16-10/h1-4,10-13,15-19H,5-7H2/t10-,11?,12+,13-/m1/s1. The Hall–Kier alpha value is -0.500. The predicted octanol–water partition coefficient (Wildman–Crippen LogP) is -0.234. The summed E-state index contributed by atoms with van der Waals surface area (Å²) in [4.78, 5) is 0. The van der Waals surface area contributed by atoms with Crippen molar-refractivity contribution in [3.05, 3.63) is 34.3 Å². The summed E-state index contributed by atoms with van der Waals surface area (Å²) in [6.45, 7) is 0.863. The van der Waals surface area contributed by atoms with E-state index >= 15 is 0 Å². The first-order valence-corrected chi connectivity index (χ1v) is 7.10. The molecule has 1 aliphatic heterocycles. The lowest BCUT2D eigenvalue weighted by molar-refractivity contribution is 0.0399. The second kappa shape index (κ2) is 6.78. The van der Waals surface area contributed by atoms with Gasteiger partial charge in [0.2, 0.25) is 0 Å². The number of benzene rings is 1. The molecular formula is C13H19BrN2O3. The monoisotopic (exact) mass is 330 g/mol. The van der Waals surface area contributed by atoms with Gasteiger partial charge in [-0.1, -0.05) is 28.1 Å². The zero-order valence-corrected chi connectivity index (χ0v) is 12.0. The van der Waals surface area contributed by atoms with E-state index in [0.717, 1.165) is 10.0 Å². The van der Waals surface area contributed by atoms with Gasteiger partial charge in [0.05, 0.1) is 24.9 Å². The Kier molecular flexibility index (Phi) is 5.32. The maximum Gasteiger partial charge on any atom is 0.0976 e. The van der Waals surface area contributed by atoms with Crippen molar-refractivity contribution in [2.75, 3.05) is 19.7 Å². The summed E-state index contributed by atoms with van der Waals surface area (Å²) < 4.78 is 0.990. The molecule has 1 aromatic carbocycles. The second-order valence-corrected chi connectivity index (χ2v) is 5.68. The third kappa shape index (κ3) is 3.75. The van der Waals surface area contributed by atoms with Gasteiger partial charge in [-0.15, -0.1) is 0 Å². The lowest BCUT2D eigenvalue weighted by Crippen LogP contribution is -2.43. The Morgan fingerprint density at radius 2 is 2.00 bits per heavy atom. The van der Waals surface area contributed by atoms with E-state index in [1.807, 2.05) is 24.3 Å². The molecule has 0 aliphatic carbocycles. The van der Waals surface area contributed by atoms with E-state index in [-0.39, 0.29) is 18.7 Å². The smallest absolute Gasteiger partial charge is 0.0976 e. The van der Waals surface area contributed by atoms with E-state index in [4.69, 9.17) is 0 Å². The van der Waals surface area contributed by atoms with Crippen LogP contribution in [0.1, 0.15) is 11.6 Å². The highest BCUT2D eigenvalue weighted by atomic mass is 79.9. The summed E-state index contributed by atoms with van der Waals surface area (Å²) in [5.41, 5.74) is 0.985. The molecule has 5 N–H and O–H groups in total. The Labute approximate surface area is 120 Å². The molecule has 1 aromatic rings. The van der Waals surface area contributed by atoms with Gasteiger partial charge in [-0.05, 0) is 17.7 Å². The number of hydrogen-bond donors (Lipinski definition) is 5. The van der Waals surface area contributed by atoms with Crippen molar-refractivity contribution in [1.29, 1.82) is 0 Å². The minimum absolute atomic E-state index is 0.0208. The van der Waals surface area contributed by atoms with Crippen LogP contribution in [0.2, 0.25) is 0 Å². The van der Waals surface area contributed by atoms with Crippen LogP contribution >= 0.6 is 15.9 Å². The summed E-state index contributed by atoms with van der Waals surface area (Å²) >= 11 is 3.37. The highest BCUT2D eigenvalue weighted by Crippen LogP contribution is 2.17. The Morgan fingerprint density at radius 1 is 1.32 bits per heavy atom. The molecule has 0 bridgehead atoms. The molecule has 6 heteroatoms. The van der Waals surface area contributed by atoms with Crippen LogP contribution in [0.4, 0.5) is 0 Å². The lowest BCUT2D eigenvalue weighted by atomic mass is 10.1. The van der Waals surface area contributed by atoms with E-state index in [1.54, 1.807) is 0 Å². The van der Waals surface area contributed by atoms with Crippen molar-refractivity contribution >= 4 is 15.9 Å². The van der Waals surface area contributed by atoms with Crippen molar-refractivity contribution < 1.29 is 15.3 Å². The minimum Gasteiger partial charge on any atom is -0.394 e. The average molecular weight is 331 g/mol. The number of β-amino-alcohol motifs (C(OH)–C–C–N with tert-alkyl or cyclic N) is 1. The topological polar surface area (TPSA) is 84.8 Å². The zero-order chi connectivity index (χ0) is 13.8. The average Bonchev–Trinajstić information content (AvgIpc) is 2.73. The van der Waals surface area contributed by atoms with Crippen LogP contribution in [0.3, 0.4) is 0 Å². The summed E-state index contributed by atoms with van der Waals surface area (Å²) in [5.74, 6) is 0. The molecule has 1 heterocycles. The zero-order valence-electron chi connectivity index (χ0n) is 10.5. The molecule has 5 nitrogen and oxygen atoms in total. The fraction of sp³-hybridized carbons (Fsp3) is 0.538. The number of rotatable bonds is 5. The first-order valence-electron chi connectivity index (χ1n) is 6.31. The molecule has 0 aromatic heterocycles. The summed E-state index contributed by atoms with van der Waals surface area (Å²) in [5, 5.41) is 34.8. The lowest BCUT2D eigenvalue weighted by Gasteiger charge is -2.22. The molecule has 0 spiro atoms. The van der Waals surface area contributed by atoms with Gasteiger partial charge >= 0.3 is 0 Å². The summed E-state index contributed by atoms with van der Waals surface area (Å²) in [6.07, 6.45) is -1.48. The molecule has 106 valence electrons. The van der Waals surface area contributed by atoms with Crippen molar-refractivity contribution in [2.24, 2.45) is 0 Å². The van der Waals surface area contributed by atoms with Crippen LogP contribution in [0.25, 0.3) is 0 Å². The van der Waals surface area contributed by atoms with Crippen molar-refractivity contribution in [3.8, 4) is 0 Å². The van der Waals surface area contributed by atoms with Gasteiger partial charge in [-0.25, -0.2) is 0 Å². The van der Waals surface area contributed by atoms with Gasteiger partial charge in [0.15, 0.2) is 0 Å². The quantitative estimate of drug-likeness (QED) is 0.515. The van der Waals surface area contributed by atoms with E-state index in [0.29, 0.717) is 13.1 Å². The third-order valence-electron chi connectivity index (χ3n) is 3.43. The highest BCUT2D eigenvalue weighted by molar-refractivity contribution is 9.10. The fourth-order valence-electron chi connectivity index (χ4n) is 2.23. The molecule has 0 amide bonds. The molecule has 2 rings (SSSR count). The van der Waals surface area contributed by atoms with E-state index in [1.165, 1.54) is 0 Å². The van der Waals surface area contributed by atoms with Gasteiger partial charge < -0.3 is 26.0 Å². The Bertz CT molecular complexity index is 401. The van der Waals surface area contributed by atoms with Crippen LogP contribution in [0, 0.1) is 0 Å². The number of halogens is 1. The van der Waals surface area contributed by atoms with Crippen LogP contribution in [0.15, 0.2) is 28.7 Å². The molecule has 1 aliphatic rings. The van der Waals surface area contributed by atoms with E-state index < -0.39 is 12.2 Å². The molecular weight excluding hydrogens is 312 g/mol. The SMILES string of the molecule is OCC(NC[C@H]1NC[C@H](O)[C@@H]1O)c1ccc(Br)cc1. The first kappa shape index (κ1) is 14.9. The van der Waals surface area contributed by atoms with Gasteiger partial charge in [0, 0.05) is 23.6 Å². The Balaban J connectivity index is 1.91. The second-order valence-electron chi connectivity index (χ2n) is 4.77. The number of aliphatic hydroxyl groups excluding tert-OH is 3. The maximum atomic E-state index is 9.73. The highest BCUT2D eigenvalue weighted by Gasteiger charge is 2.32. The third-order valence-corrected chi connectivity index (χ3v) is 3.96. The predicted molar refractivity (Wildman–Crippen MR) is 75.8 cm³/mol. The number of nitrogens with one attached hydrogen (secondary N) is 2. The van der Waals surface area contributed by atoms with Gasteiger partial charge in [-0.3, -0.25) is 0 Å². The molecule has 1 unspecified atom stereocenters. The van der Waals surface area contributed by atoms with E-state index in [2.05, 4.69) is 26.6 Å². The van der Waals surface area contributed by atoms with Crippen molar-refractivity contribution in [1.82, 2.24) is 10.6 Å².